The van der Waals surface area contributed by atoms with Crippen molar-refractivity contribution in [3.8, 4) is 0 Å². The molecule has 1 saturated carbocycles. The van der Waals surface area contributed by atoms with E-state index >= 15 is 0 Å². The van der Waals surface area contributed by atoms with Gasteiger partial charge in [0.15, 0.2) is 0 Å². The minimum atomic E-state index is 0.194. The standard InChI is InChI=1S/C11H23N3O2/c1-2-5-14(6-7-15)9-11(3-4-11)8-10(12)13-16/h15-16H,2-9H2,1H3,(H2,12,13). The molecule has 5 heteroatoms. The number of rotatable bonds is 8. The number of nitrogens with zero attached hydrogens (tertiary/aromatic N) is 2. The topological polar surface area (TPSA) is 82.1 Å². The van der Waals surface area contributed by atoms with Crippen molar-refractivity contribution >= 4 is 5.84 Å². The van der Waals surface area contributed by atoms with Gasteiger partial charge in [0.1, 0.15) is 5.84 Å². The normalized spacial score (nSPS) is 19.1. The maximum Gasteiger partial charge on any atom is 0.139 e. The highest BCUT2D eigenvalue weighted by Crippen LogP contribution is 2.49. The Morgan fingerprint density at radius 2 is 2.12 bits per heavy atom. The summed E-state index contributed by atoms with van der Waals surface area (Å²) in [7, 11) is 0. The molecule has 0 radical (unpaired) electrons. The highest BCUT2D eigenvalue weighted by molar-refractivity contribution is 5.80. The van der Waals surface area contributed by atoms with Gasteiger partial charge in [-0.3, -0.25) is 0 Å². The van der Waals surface area contributed by atoms with Crippen molar-refractivity contribution in [2.45, 2.75) is 32.6 Å². The molecule has 1 rings (SSSR count). The van der Waals surface area contributed by atoms with Gasteiger partial charge in [-0.2, -0.15) is 0 Å². The number of oxime groups is 1. The lowest BCUT2D eigenvalue weighted by molar-refractivity contribution is 0.169. The highest BCUT2D eigenvalue weighted by atomic mass is 16.4. The molecule has 0 atom stereocenters. The van der Waals surface area contributed by atoms with Crippen molar-refractivity contribution in [2.75, 3.05) is 26.2 Å². The molecule has 16 heavy (non-hydrogen) atoms. The SMILES string of the molecule is CCCN(CCO)CC1(CC(N)=NO)CC1. The van der Waals surface area contributed by atoms with Crippen molar-refractivity contribution in [3.63, 3.8) is 0 Å². The molecule has 5 nitrogen and oxygen atoms in total. The summed E-state index contributed by atoms with van der Waals surface area (Å²) in [6.45, 7) is 4.98. The lowest BCUT2D eigenvalue weighted by atomic mass is 10.0. The summed E-state index contributed by atoms with van der Waals surface area (Å²) in [5, 5.41) is 20.6. The van der Waals surface area contributed by atoms with E-state index in [0.29, 0.717) is 18.8 Å². The number of hydrogen-bond acceptors (Lipinski definition) is 4. The summed E-state index contributed by atoms with van der Waals surface area (Å²) in [5.74, 6) is 0.318. The van der Waals surface area contributed by atoms with E-state index in [1.807, 2.05) is 0 Å². The van der Waals surface area contributed by atoms with Crippen molar-refractivity contribution in [1.82, 2.24) is 4.90 Å². The Kier molecular flexibility index (Phi) is 5.02. The van der Waals surface area contributed by atoms with Crippen molar-refractivity contribution in [1.29, 1.82) is 0 Å². The van der Waals surface area contributed by atoms with E-state index in [9.17, 15) is 0 Å². The van der Waals surface area contributed by atoms with Crippen LogP contribution in [0, 0.1) is 5.41 Å². The van der Waals surface area contributed by atoms with Crippen LogP contribution in [0.25, 0.3) is 0 Å². The zero-order valence-electron chi connectivity index (χ0n) is 10.0. The van der Waals surface area contributed by atoms with Gasteiger partial charge in [0, 0.05) is 19.5 Å². The molecule has 0 heterocycles. The molecule has 0 spiro atoms. The Hall–Kier alpha value is -0.810. The molecule has 0 aromatic heterocycles. The molecule has 0 unspecified atom stereocenters. The predicted octanol–water partition coefficient (Wildman–Crippen LogP) is 0.607. The molecule has 4 N–H and O–H groups in total. The molecule has 0 aliphatic heterocycles. The van der Waals surface area contributed by atoms with Crippen LogP contribution in [0.5, 0.6) is 0 Å². The van der Waals surface area contributed by atoms with Gasteiger partial charge in [0.25, 0.3) is 0 Å². The zero-order valence-corrected chi connectivity index (χ0v) is 10.0. The molecule has 0 aromatic rings. The summed E-state index contributed by atoms with van der Waals surface area (Å²) in [6, 6.07) is 0. The van der Waals surface area contributed by atoms with E-state index in [1.165, 1.54) is 0 Å². The third-order valence-electron chi connectivity index (χ3n) is 3.16. The molecule has 1 aliphatic carbocycles. The van der Waals surface area contributed by atoms with Crippen molar-refractivity contribution in [2.24, 2.45) is 16.3 Å². The first-order valence-electron chi connectivity index (χ1n) is 5.95. The molecule has 0 amide bonds. The number of hydrogen-bond donors (Lipinski definition) is 3. The monoisotopic (exact) mass is 229 g/mol. The minimum absolute atomic E-state index is 0.194. The summed E-state index contributed by atoms with van der Waals surface area (Å²) in [4.78, 5) is 2.26. The van der Waals surface area contributed by atoms with Crippen LogP contribution < -0.4 is 5.73 Å². The number of nitrogens with two attached hydrogens (primary N) is 1. The zero-order chi connectivity index (χ0) is 12.0. The van der Waals surface area contributed by atoms with Crippen LogP contribution in [0.3, 0.4) is 0 Å². The Bertz CT molecular complexity index is 233. The van der Waals surface area contributed by atoms with Crippen LogP contribution in [0.4, 0.5) is 0 Å². The fourth-order valence-electron chi connectivity index (χ4n) is 2.19. The van der Waals surface area contributed by atoms with Crippen LogP contribution >= 0.6 is 0 Å². The molecular weight excluding hydrogens is 206 g/mol. The Balaban J connectivity index is 2.43. The fraction of sp³-hybridized carbons (Fsp3) is 0.909. The van der Waals surface area contributed by atoms with Gasteiger partial charge in [-0.05, 0) is 31.2 Å². The minimum Gasteiger partial charge on any atom is -0.409 e. The fourth-order valence-corrected chi connectivity index (χ4v) is 2.19. The van der Waals surface area contributed by atoms with Gasteiger partial charge in [-0.25, -0.2) is 0 Å². The summed E-state index contributed by atoms with van der Waals surface area (Å²) in [6.07, 6.45) is 4.01. The number of aliphatic hydroxyl groups excluding tert-OH is 1. The van der Waals surface area contributed by atoms with E-state index in [1.54, 1.807) is 0 Å². The van der Waals surface area contributed by atoms with E-state index in [0.717, 1.165) is 32.4 Å². The number of amidine groups is 1. The molecule has 0 aromatic carbocycles. The lowest BCUT2D eigenvalue weighted by Crippen LogP contribution is -2.35. The average molecular weight is 229 g/mol. The first-order valence-corrected chi connectivity index (χ1v) is 5.95. The van der Waals surface area contributed by atoms with Gasteiger partial charge in [-0.15, -0.1) is 0 Å². The second-order valence-corrected chi connectivity index (χ2v) is 4.77. The maximum atomic E-state index is 8.98. The lowest BCUT2D eigenvalue weighted by Gasteiger charge is -2.26. The predicted molar refractivity (Wildman–Crippen MR) is 63.5 cm³/mol. The van der Waals surface area contributed by atoms with Gasteiger partial charge >= 0.3 is 0 Å². The summed E-state index contributed by atoms with van der Waals surface area (Å²) >= 11 is 0. The Labute approximate surface area is 96.9 Å². The average Bonchev–Trinajstić information content (AvgIpc) is 2.98. The summed E-state index contributed by atoms with van der Waals surface area (Å²) in [5.41, 5.74) is 5.75. The van der Waals surface area contributed by atoms with Crippen molar-refractivity contribution in [3.05, 3.63) is 0 Å². The van der Waals surface area contributed by atoms with Crippen LogP contribution in [0.2, 0.25) is 0 Å². The van der Waals surface area contributed by atoms with Gasteiger partial charge in [-0.1, -0.05) is 12.1 Å². The second-order valence-electron chi connectivity index (χ2n) is 4.77. The van der Waals surface area contributed by atoms with Gasteiger partial charge in [0.2, 0.25) is 0 Å². The Morgan fingerprint density at radius 1 is 1.44 bits per heavy atom. The molecule has 0 saturated heterocycles. The van der Waals surface area contributed by atoms with Crippen molar-refractivity contribution < 1.29 is 10.3 Å². The highest BCUT2D eigenvalue weighted by Gasteiger charge is 2.44. The van der Waals surface area contributed by atoms with Crippen LogP contribution in [0.1, 0.15) is 32.6 Å². The molecule has 94 valence electrons. The van der Waals surface area contributed by atoms with E-state index < -0.39 is 0 Å². The third kappa shape index (κ3) is 3.98. The van der Waals surface area contributed by atoms with E-state index in [-0.39, 0.29) is 12.0 Å². The third-order valence-corrected chi connectivity index (χ3v) is 3.16. The Morgan fingerprint density at radius 3 is 2.56 bits per heavy atom. The number of aliphatic hydroxyl groups is 1. The van der Waals surface area contributed by atoms with Crippen LogP contribution in [0.15, 0.2) is 5.16 Å². The first-order chi connectivity index (χ1) is 7.65. The van der Waals surface area contributed by atoms with Crippen LogP contribution in [-0.4, -0.2) is 47.3 Å². The maximum absolute atomic E-state index is 8.98. The van der Waals surface area contributed by atoms with E-state index in [2.05, 4.69) is 17.0 Å². The quantitative estimate of drug-likeness (QED) is 0.246. The molecule has 1 fully saturated rings. The second kappa shape index (κ2) is 6.06. The van der Waals surface area contributed by atoms with Gasteiger partial charge in [0.05, 0.1) is 6.61 Å². The largest absolute Gasteiger partial charge is 0.409 e. The first kappa shape index (κ1) is 13.3. The van der Waals surface area contributed by atoms with E-state index in [4.69, 9.17) is 16.0 Å². The molecule has 1 aliphatic rings. The van der Waals surface area contributed by atoms with Gasteiger partial charge < -0.3 is 20.9 Å². The smallest absolute Gasteiger partial charge is 0.139 e. The van der Waals surface area contributed by atoms with Crippen LogP contribution in [-0.2, 0) is 0 Å². The summed E-state index contributed by atoms with van der Waals surface area (Å²) < 4.78 is 0. The molecular formula is C11H23N3O2. The molecule has 0 bridgehead atoms.